The number of halogens is 1. The van der Waals surface area contributed by atoms with Crippen LogP contribution in [-0.2, 0) is 36.4 Å². The van der Waals surface area contributed by atoms with Crippen molar-refractivity contribution in [2.75, 3.05) is 0 Å². The van der Waals surface area contributed by atoms with Crippen LogP contribution in [-0.4, -0.2) is 9.97 Å². The fourth-order valence-electron chi connectivity index (χ4n) is 7.17. The van der Waals surface area contributed by atoms with Crippen LogP contribution in [0.15, 0.2) is 126 Å². The van der Waals surface area contributed by atoms with E-state index >= 15 is 0 Å². The van der Waals surface area contributed by atoms with E-state index in [9.17, 15) is 9.65 Å². The summed E-state index contributed by atoms with van der Waals surface area (Å²) in [7, 11) is 0. The van der Waals surface area contributed by atoms with Crippen LogP contribution in [0.2, 0.25) is 0 Å². The molecule has 0 bridgehead atoms. The van der Waals surface area contributed by atoms with Crippen molar-refractivity contribution in [3.8, 4) is 50.8 Å². The number of nitrogens with zero attached hydrogens (tertiary/aromatic N) is 3. The summed E-state index contributed by atoms with van der Waals surface area (Å²) < 4.78 is 44.7. The number of hydrogen-bond acceptors (Lipinski definition) is 4. The van der Waals surface area contributed by atoms with Crippen LogP contribution in [0.1, 0.15) is 94.2 Å². The van der Waals surface area contributed by atoms with Gasteiger partial charge in [-0.2, -0.15) is 5.26 Å². The molecule has 0 spiro atoms. The first kappa shape index (κ1) is 39.7. The van der Waals surface area contributed by atoms with Gasteiger partial charge in [-0.25, -0.2) is 0 Å². The third kappa shape index (κ3) is 9.19. The van der Waals surface area contributed by atoms with Gasteiger partial charge < -0.3 is 14.4 Å². The van der Waals surface area contributed by atoms with E-state index in [0.717, 1.165) is 39.1 Å². The van der Waals surface area contributed by atoms with Gasteiger partial charge in [0.1, 0.15) is 5.58 Å². The number of benzene rings is 5. The zero-order valence-electron chi connectivity index (χ0n) is 38.5. The van der Waals surface area contributed by atoms with E-state index in [2.05, 4.69) is 122 Å². The van der Waals surface area contributed by atoms with Crippen molar-refractivity contribution < 1.29 is 33.0 Å². The van der Waals surface area contributed by atoms with Crippen molar-refractivity contribution in [2.24, 2.45) is 0 Å². The van der Waals surface area contributed by atoms with Gasteiger partial charge in [-0.1, -0.05) is 147 Å². The summed E-state index contributed by atoms with van der Waals surface area (Å²) in [6.45, 7) is 17.1. The summed E-state index contributed by atoms with van der Waals surface area (Å²) >= 11 is 0. The number of aryl methyl sites for hydroxylation is 1. The normalized spacial score (nSPS) is 12.7. The molecule has 5 aromatic carbocycles. The Hall–Kier alpha value is -5.73. The summed E-state index contributed by atoms with van der Waals surface area (Å²) in [4.78, 5) is 9.09. The Morgan fingerprint density at radius 1 is 0.667 bits per heavy atom. The van der Waals surface area contributed by atoms with Gasteiger partial charge >= 0.3 is 0 Å². The van der Waals surface area contributed by atoms with Crippen LogP contribution in [0.25, 0.3) is 66.7 Å². The molecule has 0 aliphatic carbocycles. The number of fused-ring (bicyclic) bond motifs is 3. The molecule has 4 nitrogen and oxygen atoms in total. The molecule has 1 radical (unpaired) electrons. The quantitative estimate of drug-likeness (QED) is 0.165. The van der Waals surface area contributed by atoms with Crippen molar-refractivity contribution in [1.29, 1.82) is 5.26 Å². The van der Waals surface area contributed by atoms with Crippen LogP contribution >= 0.6 is 0 Å². The van der Waals surface area contributed by atoms with E-state index in [1.165, 1.54) is 23.3 Å². The zero-order chi connectivity index (χ0) is 44.8. The van der Waals surface area contributed by atoms with Gasteiger partial charge in [0, 0.05) is 53.4 Å². The standard InChI is InChI=1S/C39H35N2O.C15H15FN.Ir/c1-24-8-17-30(33-22-28(20-21-41-33)26-13-15-29(16-14-26)38(2,3)4)36-34(24)31-18-19-32(39(5,6)7)35(37(31)42-36)27-11-9-25(23-40)10-12-27;1-15(2,3)12-6-9-14(17-10-12)11-4-7-13(16)8-5-11;/h8-16,18-22H,1-7H3;4,6-10H,1-3H3;/q2*-1;/i1D3;;. The molecule has 305 valence electrons. The van der Waals surface area contributed by atoms with Gasteiger partial charge in [-0.3, -0.25) is 4.39 Å². The number of aromatic nitrogens is 2. The minimum absolute atomic E-state index is 0. The van der Waals surface area contributed by atoms with Gasteiger partial charge in [0.2, 0.25) is 0 Å². The molecule has 0 N–H and O–H groups in total. The van der Waals surface area contributed by atoms with E-state index in [1.54, 1.807) is 30.5 Å². The zero-order valence-corrected chi connectivity index (χ0v) is 37.9. The predicted molar refractivity (Wildman–Crippen MR) is 241 cm³/mol. The largest absolute Gasteiger partial charge is 0.500 e. The molecule has 60 heavy (non-hydrogen) atoms. The van der Waals surface area contributed by atoms with E-state index < -0.39 is 6.85 Å². The van der Waals surface area contributed by atoms with Gasteiger partial charge in [0.15, 0.2) is 0 Å². The Balaban J connectivity index is 0.000000308. The maximum Gasteiger partial charge on any atom is 0.129 e. The van der Waals surface area contributed by atoms with Crippen molar-refractivity contribution in [2.45, 2.75) is 85.4 Å². The Morgan fingerprint density at radius 3 is 1.93 bits per heavy atom. The monoisotopic (exact) mass is 971 g/mol. The molecule has 3 heterocycles. The first-order valence-corrected chi connectivity index (χ1v) is 19.8. The molecular formula is C54H50FIrN3O-2. The van der Waals surface area contributed by atoms with E-state index in [1.807, 2.05) is 42.6 Å². The number of nitriles is 1. The smallest absolute Gasteiger partial charge is 0.129 e. The second-order valence-electron chi connectivity index (χ2n) is 18.0. The maximum atomic E-state index is 12.8. The van der Waals surface area contributed by atoms with Gasteiger partial charge in [-0.05, 0) is 79.2 Å². The molecule has 3 aromatic heterocycles. The Morgan fingerprint density at radius 2 is 1.35 bits per heavy atom. The molecule has 0 saturated heterocycles. The average molecular weight is 971 g/mol. The van der Waals surface area contributed by atoms with Crippen LogP contribution < -0.4 is 0 Å². The minimum atomic E-state index is -2.38. The fourth-order valence-corrected chi connectivity index (χ4v) is 7.17. The first-order chi connectivity index (χ1) is 29.1. The molecule has 8 rings (SSSR count). The summed E-state index contributed by atoms with van der Waals surface area (Å²) in [5.41, 5.74) is 11.9. The van der Waals surface area contributed by atoms with Crippen molar-refractivity contribution in [3.05, 3.63) is 167 Å². The molecule has 0 amide bonds. The SMILES string of the molecule is CC(C)(C)c1ccc(-c2[c-]cc(F)cc2)nc1.[2H]C([2H])([2H])c1c[c-]c(-c2cc(-c3ccc(C(C)(C)C)cc3)ccn2)c2oc3c(-c4ccc(C#N)cc4)c(C(C)(C)C)ccc3c12.[Ir]. The van der Waals surface area contributed by atoms with Crippen molar-refractivity contribution in [3.63, 3.8) is 0 Å². The van der Waals surface area contributed by atoms with E-state index in [-0.39, 0.29) is 47.7 Å². The number of furan rings is 1. The Labute approximate surface area is 372 Å². The van der Waals surface area contributed by atoms with Crippen molar-refractivity contribution in [1.82, 2.24) is 9.97 Å². The molecule has 0 aliphatic rings. The Bertz CT molecular complexity index is 2930. The molecule has 0 atom stereocenters. The number of rotatable bonds is 4. The van der Waals surface area contributed by atoms with Gasteiger partial charge in [0.25, 0.3) is 0 Å². The molecule has 0 fully saturated rings. The fraction of sp³-hybridized carbons (Fsp3) is 0.241. The topological polar surface area (TPSA) is 62.7 Å². The van der Waals surface area contributed by atoms with E-state index in [4.69, 9.17) is 13.5 Å². The molecular weight excluding hydrogens is 918 g/mol. The van der Waals surface area contributed by atoms with Crippen LogP contribution in [0.4, 0.5) is 4.39 Å². The average Bonchev–Trinajstić information content (AvgIpc) is 3.62. The summed E-state index contributed by atoms with van der Waals surface area (Å²) in [6.07, 6.45) is 3.63. The van der Waals surface area contributed by atoms with Crippen molar-refractivity contribution >= 4 is 21.9 Å². The third-order valence-corrected chi connectivity index (χ3v) is 10.6. The number of pyridine rings is 2. The predicted octanol–water partition coefficient (Wildman–Crippen LogP) is 14.5. The molecule has 0 unspecified atom stereocenters. The van der Waals surface area contributed by atoms with Crippen LogP contribution in [0, 0.1) is 36.1 Å². The number of hydrogen-bond donors (Lipinski definition) is 0. The van der Waals surface area contributed by atoms with Crippen LogP contribution in [0.3, 0.4) is 0 Å². The molecule has 0 aliphatic heterocycles. The molecule has 8 aromatic rings. The Kier molecular flexibility index (Phi) is 11.3. The second-order valence-corrected chi connectivity index (χ2v) is 18.0. The summed E-state index contributed by atoms with van der Waals surface area (Å²) in [5, 5.41) is 10.7. The van der Waals surface area contributed by atoms with E-state index in [0.29, 0.717) is 38.8 Å². The summed E-state index contributed by atoms with van der Waals surface area (Å²) in [6, 6.07) is 42.3. The first-order valence-electron chi connectivity index (χ1n) is 21.3. The maximum absolute atomic E-state index is 12.8. The molecule has 6 heteroatoms. The summed E-state index contributed by atoms with van der Waals surface area (Å²) in [5.74, 6) is -0.278. The third-order valence-electron chi connectivity index (χ3n) is 10.6. The minimum Gasteiger partial charge on any atom is -0.500 e. The molecule has 0 saturated carbocycles. The second kappa shape index (κ2) is 17.1. The van der Waals surface area contributed by atoms with Crippen LogP contribution in [0.5, 0.6) is 0 Å². The van der Waals surface area contributed by atoms with Gasteiger partial charge in [-0.15, -0.1) is 47.5 Å². The van der Waals surface area contributed by atoms with Gasteiger partial charge in [0.05, 0.1) is 17.2 Å².